The van der Waals surface area contributed by atoms with Crippen molar-refractivity contribution in [1.29, 1.82) is 0 Å². The Kier molecular flexibility index (Phi) is 6.35. The van der Waals surface area contributed by atoms with Crippen molar-refractivity contribution >= 4 is 38.6 Å². The Morgan fingerprint density at radius 2 is 1.76 bits per heavy atom. The SMILES string of the molecule is Cc1oc(C(=O)Nc2ccc(SC(=O)N(C)C)cc2)cc1S(=O)(=O)N1CCCC1. The molecule has 0 radical (unpaired) electrons. The summed E-state index contributed by atoms with van der Waals surface area (Å²) >= 11 is 1.08. The van der Waals surface area contributed by atoms with Gasteiger partial charge in [0, 0.05) is 43.8 Å². The van der Waals surface area contributed by atoms with Gasteiger partial charge in [0.2, 0.25) is 10.0 Å². The zero-order valence-electron chi connectivity index (χ0n) is 16.5. The minimum absolute atomic E-state index is 0.0264. The zero-order chi connectivity index (χ0) is 21.2. The summed E-state index contributed by atoms with van der Waals surface area (Å²) in [7, 11) is -0.310. The van der Waals surface area contributed by atoms with Crippen LogP contribution in [0.15, 0.2) is 44.5 Å². The minimum Gasteiger partial charge on any atom is -0.455 e. The van der Waals surface area contributed by atoms with Gasteiger partial charge in [0.25, 0.3) is 11.1 Å². The maximum absolute atomic E-state index is 12.7. The van der Waals surface area contributed by atoms with Crippen LogP contribution in [0.5, 0.6) is 0 Å². The predicted octanol–water partition coefficient (Wildman–Crippen LogP) is 3.40. The van der Waals surface area contributed by atoms with Gasteiger partial charge in [0.05, 0.1) is 0 Å². The van der Waals surface area contributed by atoms with Crippen molar-refractivity contribution in [1.82, 2.24) is 9.21 Å². The summed E-state index contributed by atoms with van der Waals surface area (Å²) in [5.74, 6) is -0.418. The second-order valence-corrected chi connectivity index (χ2v) is 9.81. The molecule has 1 aliphatic heterocycles. The van der Waals surface area contributed by atoms with E-state index in [4.69, 9.17) is 4.42 Å². The molecule has 2 aromatic rings. The molecule has 1 fully saturated rings. The van der Waals surface area contributed by atoms with Crippen LogP contribution in [-0.4, -0.2) is 56.0 Å². The third-order valence-electron chi connectivity index (χ3n) is 4.46. The molecular formula is C19H23N3O5S2. The number of sulfonamides is 1. The molecule has 8 nitrogen and oxygen atoms in total. The van der Waals surface area contributed by atoms with Crippen molar-refractivity contribution in [3.05, 3.63) is 41.9 Å². The lowest BCUT2D eigenvalue weighted by Crippen LogP contribution is -2.28. The van der Waals surface area contributed by atoms with Crippen molar-refractivity contribution in [3.8, 4) is 0 Å². The van der Waals surface area contributed by atoms with Gasteiger partial charge in [-0.3, -0.25) is 9.59 Å². The minimum atomic E-state index is -3.66. The lowest BCUT2D eigenvalue weighted by molar-refractivity contribution is 0.0995. The number of nitrogens with one attached hydrogen (secondary N) is 1. The first-order valence-electron chi connectivity index (χ1n) is 9.09. The molecule has 29 heavy (non-hydrogen) atoms. The van der Waals surface area contributed by atoms with Crippen LogP contribution in [0, 0.1) is 6.92 Å². The van der Waals surface area contributed by atoms with E-state index in [9.17, 15) is 18.0 Å². The zero-order valence-corrected chi connectivity index (χ0v) is 18.1. The largest absolute Gasteiger partial charge is 0.455 e. The quantitative estimate of drug-likeness (QED) is 0.720. The van der Waals surface area contributed by atoms with Gasteiger partial charge in [-0.15, -0.1) is 0 Å². The van der Waals surface area contributed by atoms with E-state index in [0.717, 1.165) is 29.5 Å². The van der Waals surface area contributed by atoms with Crippen LogP contribution in [0.3, 0.4) is 0 Å². The summed E-state index contributed by atoms with van der Waals surface area (Å²) in [6.45, 7) is 2.50. The summed E-state index contributed by atoms with van der Waals surface area (Å²) in [6, 6.07) is 8.05. The molecule has 1 N–H and O–H groups in total. The molecule has 156 valence electrons. The maximum atomic E-state index is 12.7. The van der Waals surface area contributed by atoms with Crippen LogP contribution in [-0.2, 0) is 10.0 Å². The van der Waals surface area contributed by atoms with Crippen LogP contribution in [0.4, 0.5) is 10.5 Å². The highest BCUT2D eigenvalue weighted by Gasteiger charge is 2.31. The Bertz CT molecular complexity index is 1010. The van der Waals surface area contributed by atoms with Gasteiger partial charge in [0.15, 0.2) is 5.76 Å². The molecule has 0 unspecified atom stereocenters. The molecule has 1 saturated heterocycles. The molecule has 10 heteroatoms. The van der Waals surface area contributed by atoms with Crippen molar-refractivity contribution in [2.24, 2.45) is 0 Å². The molecule has 2 amide bonds. The summed E-state index contributed by atoms with van der Waals surface area (Å²) < 4.78 is 32.3. The molecule has 0 atom stereocenters. The second kappa shape index (κ2) is 8.60. The summed E-state index contributed by atoms with van der Waals surface area (Å²) in [5.41, 5.74) is 0.509. The van der Waals surface area contributed by atoms with Gasteiger partial charge >= 0.3 is 0 Å². The number of hydrogen-bond donors (Lipinski definition) is 1. The Hall–Kier alpha value is -2.30. The second-order valence-electron chi connectivity index (χ2n) is 6.88. The van der Waals surface area contributed by atoms with Crippen molar-refractivity contribution in [2.45, 2.75) is 29.6 Å². The van der Waals surface area contributed by atoms with E-state index in [1.165, 1.54) is 22.2 Å². The summed E-state index contributed by atoms with van der Waals surface area (Å²) in [6.07, 6.45) is 1.66. The first kappa shape index (κ1) is 21.4. The van der Waals surface area contributed by atoms with Gasteiger partial charge in [-0.25, -0.2) is 8.42 Å². The number of thioether (sulfide) groups is 1. The Morgan fingerprint density at radius 3 is 2.34 bits per heavy atom. The van der Waals surface area contributed by atoms with E-state index in [2.05, 4.69) is 5.32 Å². The van der Waals surface area contributed by atoms with Crippen LogP contribution in [0.25, 0.3) is 0 Å². The normalized spacial score (nSPS) is 14.7. The Morgan fingerprint density at radius 1 is 1.14 bits per heavy atom. The lowest BCUT2D eigenvalue weighted by Gasteiger charge is -2.14. The van der Waals surface area contributed by atoms with Crippen LogP contribution < -0.4 is 5.32 Å². The molecular weight excluding hydrogens is 414 g/mol. The fourth-order valence-electron chi connectivity index (χ4n) is 2.89. The third-order valence-corrected chi connectivity index (χ3v) is 7.52. The number of amides is 2. The molecule has 3 rings (SSSR count). The predicted molar refractivity (Wildman–Crippen MR) is 111 cm³/mol. The molecule has 0 saturated carbocycles. The molecule has 2 heterocycles. The molecule has 1 aliphatic rings. The fraction of sp³-hybridized carbons (Fsp3) is 0.368. The highest BCUT2D eigenvalue weighted by Crippen LogP contribution is 2.27. The number of nitrogens with zero attached hydrogens (tertiary/aromatic N) is 2. The average Bonchev–Trinajstić information content (AvgIpc) is 3.33. The topological polar surface area (TPSA) is 99.9 Å². The number of hydrogen-bond acceptors (Lipinski definition) is 6. The summed E-state index contributed by atoms with van der Waals surface area (Å²) in [4.78, 5) is 26.5. The van der Waals surface area contributed by atoms with E-state index in [1.54, 1.807) is 38.4 Å². The third kappa shape index (κ3) is 4.82. The maximum Gasteiger partial charge on any atom is 0.291 e. The molecule has 0 spiro atoms. The van der Waals surface area contributed by atoms with Crippen LogP contribution in [0.2, 0.25) is 0 Å². The van der Waals surface area contributed by atoms with E-state index >= 15 is 0 Å². The van der Waals surface area contributed by atoms with E-state index in [-0.39, 0.29) is 21.7 Å². The first-order valence-corrected chi connectivity index (χ1v) is 11.4. The van der Waals surface area contributed by atoms with Gasteiger partial charge < -0.3 is 14.6 Å². The smallest absolute Gasteiger partial charge is 0.291 e. The molecule has 1 aromatic heterocycles. The van der Waals surface area contributed by atoms with Crippen molar-refractivity contribution in [2.75, 3.05) is 32.5 Å². The Balaban J connectivity index is 1.71. The monoisotopic (exact) mass is 437 g/mol. The number of rotatable bonds is 5. The van der Waals surface area contributed by atoms with Crippen molar-refractivity contribution in [3.63, 3.8) is 0 Å². The highest BCUT2D eigenvalue weighted by molar-refractivity contribution is 8.13. The molecule has 0 aliphatic carbocycles. The number of carbonyl (C=O) groups excluding carboxylic acids is 2. The van der Waals surface area contributed by atoms with Crippen molar-refractivity contribution < 1.29 is 22.4 Å². The van der Waals surface area contributed by atoms with Gasteiger partial charge in [-0.05, 0) is 55.8 Å². The summed E-state index contributed by atoms with van der Waals surface area (Å²) in [5, 5.41) is 2.58. The van der Waals surface area contributed by atoms with E-state index in [1.807, 2.05) is 0 Å². The van der Waals surface area contributed by atoms with Crippen LogP contribution >= 0.6 is 11.8 Å². The number of anilines is 1. The molecule has 1 aromatic carbocycles. The number of furan rings is 1. The first-order chi connectivity index (χ1) is 13.7. The number of carbonyl (C=O) groups is 2. The van der Waals surface area contributed by atoms with Gasteiger partial charge in [0.1, 0.15) is 10.7 Å². The number of benzene rings is 1. The highest BCUT2D eigenvalue weighted by atomic mass is 32.2. The number of aryl methyl sites for hydroxylation is 1. The average molecular weight is 438 g/mol. The van der Waals surface area contributed by atoms with Gasteiger partial charge in [-0.1, -0.05) is 0 Å². The Labute approximate surface area is 174 Å². The fourth-order valence-corrected chi connectivity index (χ4v) is 5.23. The molecule has 0 bridgehead atoms. The van der Waals surface area contributed by atoms with E-state index in [0.29, 0.717) is 18.8 Å². The van der Waals surface area contributed by atoms with Gasteiger partial charge in [-0.2, -0.15) is 4.31 Å². The lowest BCUT2D eigenvalue weighted by atomic mass is 10.3. The van der Waals surface area contributed by atoms with E-state index < -0.39 is 15.9 Å². The van der Waals surface area contributed by atoms with Crippen LogP contribution in [0.1, 0.15) is 29.2 Å². The standard InChI is InChI=1S/C19H23N3O5S2/c1-13-17(29(25,26)22-10-4-5-11-22)12-16(27-13)18(23)20-14-6-8-15(9-7-14)28-19(24)21(2)3/h6-9,12H,4-5,10-11H2,1-3H3,(H,20,23).